The van der Waals surface area contributed by atoms with Crippen molar-refractivity contribution in [2.24, 2.45) is 0 Å². The summed E-state index contributed by atoms with van der Waals surface area (Å²) in [5.74, 6) is -0.0629. The van der Waals surface area contributed by atoms with Gasteiger partial charge < -0.3 is 5.32 Å². The van der Waals surface area contributed by atoms with Crippen LogP contribution in [0.4, 0.5) is 0 Å². The Bertz CT molecular complexity index is 330. The van der Waals surface area contributed by atoms with Gasteiger partial charge in [0.1, 0.15) is 0 Å². The molecule has 0 bridgehead atoms. The minimum absolute atomic E-state index is 0.0629. The summed E-state index contributed by atoms with van der Waals surface area (Å²) in [6.07, 6.45) is 2.05. The van der Waals surface area contributed by atoms with Crippen molar-refractivity contribution >= 4 is 33.4 Å². The molecule has 1 N–H and O–H groups in total. The van der Waals surface area contributed by atoms with Crippen molar-refractivity contribution in [2.75, 3.05) is 11.9 Å². The quantitative estimate of drug-likeness (QED) is 0.654. The summed E-state index contributed by atoms with van der Waals surface area (Å²) in [5.41, 5.74) is 0.612. The summed E-state index contributed by atoms with van der Waals surface area (Å²) >= 11 is 9.13. The van der Waals surface area contributed by atoms with Gasteiger partial charge in [0.2, 0.25) is 0 Å². The van der Waals surface area contributed by atoms with E-state index in [4.69, 9.17) is 11.6 Å². The number of unbranched alkanes of at least 4 members (excludes halogenated alkanes) is 1. The lowest BCUT2D eigenvalue weighted by Crippen LogP contribution is -2.24. The summed E-state index contributed by atoms with van der Waals surface area (Å²) in [7, 11) is 0. The smallest absolute Gasteiger partial charge is 0.251 e. The zero-order valence-electron chi connectivity index (χ0n) is 8.30. The van der Waals surface area contributed by atoms with Gasteiger partial charge in [0, 0.05) is 22.5 Å². The number of benzene rings is 1. The van der Waals surface area contributed by atoms with Crippen LogP contribution < -0.4 is 5.32 Å². The van der Waals surface area contributed by atoms with Gasteiger partial charge in [-0.15, -0.1) is 0 Å². The van der Waals surface area contributed by atoms with Gasteiger partial charge in [-0.1, -0.05) is 33.6 Å². The van der Waals surface area contributed by atoms with E-state index in [0.29, 0.717) is 17.1 Å². The molecule has 1 aromatic carbocycles. The first-order chi connectivity index (χ1) is 7.24. The first kappa shape index (κ1) is 12.5. The Labute approximate surface area is 103 Å². The summed E-state index contributed by atoms with van der Waals surface area (Å²) in [6, 6.07) is 6.95. The van der Waals surface area contributed by atoms with E-state index in [9.17, 15) is 4.79 Å². The number of rotatable bonds is 5. The molecule has 0 saturated carbocycles. The fraction of sp³-hybridized carbons (Fsp3) is 0.364. The Balaban J connectivity index is 2.40. The van der Waals surface area contributed by atoms with Crippen LogP contribution in [0.3, 0.4) is 0 Å². The molecule has 1 aromatic rings. The van der Waals surface area contributed by atoms with Crippen LogP contribution in [0.1, 0.15) is 23.2 Å². The average molecular weight is 291 g/mol. The monoisotopic (exact) mass is 289 g/mol. The topological polar surface area (TPSA) is 29.1 Å². The summed E-state index contributed by atoms with van der Waals surface area (Å²) in [6.45, 7) is 0.705. The molecule has 1 amide bonds. The lowest BCUT2D eigenvalue weighted by molar-refractivity contribution is 0.0953. The van der Waals surface area contributed by atoms with E-state index in [-0.39, 0.29) is 5.91 Å². The fourth-order valence-electron chi connectivity index (χ4n) is 1.15. The summed E-state index contributed by atoms with van der Waals surface area (Å²) < 4.78 is 0. The molecule has 1 rings (SSSR count). The number of hydrogen-bond acceptors (Lipinski definition) is 1. The molecule has 4 heteroatoms. The molecule has 0 aliphatic heterocycles. The van der Waals surface area contributed by atoms with Gasteiger partial charge >= 0.3 is 0 Å². The predicted octanol–water partition coefficient (Wildman–Crippen LogP) is 3.24. The molecule has 0 aliphatic rings. The van der Waals surface area contributed by atoms with Gasteiger partial charge in [0.25, 0.3) is 5.91 Å². The molecule has 0 aliphatic carbocycles. The SMILES string of the molecule is O=C(NCCCCBr)c1cccc(Cl)c1. The van der Waals surface area contributed by atoms with Crippen molar-refractivity contribution in [2.45, 2.75) is 12.8 Å². The van der Waals surface area contributed by atoms with Gasteiger partial charge in [0.15, 0.2) is 0 Å². The van der Waals surface area contributed by atoms with Crippen molar-refractivity contribution < 1.29 is 4.79 Å². The molecule has 0 fully saturated rings. The van der Waals surface area contributed by atoms with E-state index in [1.165, 1.54) is 0 Å². The van der Waals surface area contributed by atoms with E-state index >= 15 is 0 Å². The standard InChI is InChI=1S/C11H13BrClNO/c12-6-1-2-7-14-11(15)9-4-3-5-10(13)8-9/h3-5,8H,1-2,6-7H2,(H,14,15). The van der Waals surface area contributed by atoms with Gasteiger partial charge in [-0.2, -0.15) is 0 Å². The van der Waals surface area contributed by atoms with Crippen LogP contribution in [0.25, 0.3) is 0 Å². The average Bonchev–Trinajstić information content (AvgIpc) is 2.24. The molecular weight excluding hydrogens is 277 g/mol. The first-order valence-corrected chi connectivity index (χ1v) is 6.33. The van der Waals surface area contributed by atoms with Crippen LogP contribution in [0, 0.1) is 0 Å². The molecule has 0 heterocycles. The number of alkyl halides is 1. The molecule has 0 radical (unpaired) electrons. The molecule has 15 heavy (non-hydrogen) atoms. The Morgan fingerprint density at radius 1 is 1.40 bits per heavy atom. The molecule has 0 spiro atoms. The van der Waals surface area contributed by atoms with Gasteiger partial charge in [-0.05, 0) is 31.0 Å². The van der Waals surface area contributed by atoms with Crippen molar-refractivity contribution in [3.8, 4) is 0 Å². The number of halogens is 2. The summed E-state index contributed by atoms with van der Waals surface area (Å²) in [5, 5.41) is 4.40. The highest BCUT2D eigenvalue weighted by Gasteiger charge is 2.04. The van der Waals surface area contributed by atoms with Gasteiger partial charge in [-0.25, -0.2) is 0 Å². The highest BCUT2D eigenvalue weighted by Crippen LogP contribution is 2.10. The molecule has 0 saturated heterocycles. The van der Waals surface area contributed by atoms with Crippen molar-refractivity contribution in [1.82, 2.24) is 5.32 Å². The largest absolute Gasteiger partial charge is 0.352 e. The number of carbonyl (C=O) groups is 1. The number of hydrogen-bond donors (Lipinski definition) is 1. The second-order valence-electron chi connectivity index (χ2n) is 3.16. The predicted molar refractivity (Wildman–Crippen MR) is 66.8 cm³/mol. The van der Waals surface area contributed by atoms with Crippen LogP contribution in [-0.4, -0.2) is 17.8 Å². The van der Waals surface area contributed by atoms with Gasteiger partial charge in [-0.3, -0.25) is 4.79 Å². The third-order valence-electron chi connectivity index (χ3n) is 1.93. The lowest BCUT2D eigenvalue weighted by Gasteiger charge is -2.04. The molecular formula is C11H13BrClNO. The van der Waals surface area contributed by atoms with Gasteiger partial charge in [0.05, 0.1) is 0 Å². The number of nitrogens with one attached hydrogen (secondary N) is 1. The first-order valence-electron chi connectivity index (χ1n) is 4.84. The van der Waals surface area contributed by atoms with Crippen molar-refractivity contribution in [3.05, 3.63) is 34.9 Å². The molecule has 0 unspecified atom stereocenters. The third kappa shape index (κ3) is 4.67. The normalized spacial score (nSPS) is 10.0. The molecule has 2 nitrogen and oxygen atoms in total. The maximum Gasteiger partial charge on any atom is 0.251 e. The fourth-order valence-corrected chi connectivity index (χ4v) is 1.74. The maximum absolute atomic E-state index is 11.6. The van der Waals surface area contributed by atoms with Crippen LogP contribution in [0.15, 0.2) is 24.3 Å². The van der Waals surface area contributed by atoms with Crippen LogP contribution in [0.5, 0.6) is 0 Å². The van der Waals surface area contributed by atoms with E-state index in [0.717, 1.165) is 18.2 Å². The van der Waals surface area contributed by atoms with Crippen LogP contribution in [-0.2, 0) is 0 Å². The summed E-state index contributed by atoms with van der Waals surface area (Å²) in [4.78, 5) is 11.6. The van der Waals surface area contributed by atoms with E-state index in [2.05, 4.69) is 21.2 Å². The lowest BCUT2D eigenvalue weighted by atomic mass is 10.2. The zero-order valence-corrected chi connectivity index (χ0v) is 10.6. The number of carbonyl (C=O) groups excluding carboxylic acids is 1. The molecule has 0 atom stereocenters. The van der Waals surface area contributed by atoms with E-state index in [1.807, 2.05) is 0 Å². The Hall–Kier alpha value is -0.540. The minimum Gasteiger partial charge on any atom is -0.352 e. The third-order valence-corrected chi connectivity index (χ3v) is 2.73. The minimum atomic E-state index is -0.0629. The van der Waals surface area contributed by atoms with Crippen molar-refractivity contribution in [1.29, 1.82) is 0 Å². The second-order valence-corrected chi connectivity index (χ2v) is 4.39. The highest BCUT2D eigenvalue weighted by molar-refractivity contribution is 9.09. The second kappa shape index (κ2) is 6.85. The Kier molecular flexibility index (Phi) is 5.73. The number of amides is 1. The van der Waals surface area contributed by atoms with Crippen LogP contribution >= 0.6 is 27.5 Å². The Morgan fingerprint density at radius 3 is 2.87 bits per heavy atom. The molecule has 0 aromatic heterocycles. The van der Waals surface area contributed by atoms with Crippen molar-refractivity contribution in [3.63, 3.8) is 0 Å². The van der Waals surface area contributed by atoms with Crippen LogP contribution in [0.2, 0.25) is 5.02 Å². The Morgan fingerprint density at radius 2 is 2.20 bits per heavy atom. The highest BCUT2D eigenvalue weighted by atomic mass is 79.9. The zero-order chi connectivity index (χ0) is 11.1. The van der Waals surface area contributed by atoms with E-state index in [1.54, 1.807) is 24.3 Å². The maximum atomic E-state index is 11.6. The van der Waals surface area contributed by atoms with E-state index < -0.39 is 0 Å². The molecule has 82 valence electrons.